The molecule has 2 amide bonds. The molecule has 2 heterocycles. The number of nitrogens with one attached hydrogen (secondary N) is 1. The van der Waals surface area contributed by atoms with Crippen molar-refractivity contribution in [1.82, 2.24) is 4.90 Å². The molecule has 1 fully saturated rings. The zero-order valence-corrected chi connectivity index (χ0v) is 20.5. The maximum absolute atomic E-state index is 13.3. The Labute approximate surface area is 211 Å². The molecule has 0 unspecified atom stereocenters. The number of piperidine rings is 1. The number of likely N-dealkylation sites (tertiary alicyclic amines) is 1. The van der Waals surface area contributed by atoms with Gasteiger partial charge in [0.05, 0.1) is 6.54 Å². The molecular formula is C30H32FN3O2. The lowest BCUT2D eigenvalue weighted by atomic mass is 9.96. The summed E-state index contributed by atoms with van der Waals surface area (Å²) in [5.74, 6) is -0.281. The number of carbonyl (C=O) groups excluding carboxylic acids is 2. The van der Waals surface area contributed by atoms with E-state index in [1.807, 2.05) is 48.5 Å². The summed E-state index contributed by atoms with van der Waals surface area (Å²) in [4.78, 5) is 29.6. The molecule has 6 heteroatoms. The van der Waals surface area contributed by atoms with Gasteiger partial charge in [0.25, 0.3) is 5.91 Å². The number of rotatable bonds is 7. The lowest BCUT2D eigenvalue weighted by Crippen LogP contribution is -2.36. The summed E-state index contributed by atoms with van der Waals surface area (Å²) in [7, 11) is 0. The summed E-state index contributed by atoms with van der Waals surface area (Å²) < 4.78 is 13.1. The zero-order chi connectivity index (χ0) is 24.9. The quantitative estimate of drug-likeness (QED) is 0.457. The molecule has 0 bridgehead atoms. The Morgan fingerprint density at radius 3 is 2.50 bits per heavy atom. The van der Waals surface area contributed by atoms with Crippen molar-refractivity contribution in [3.63, 3.8) is 0 Å². The first-order valence-corrected chi connectivity index (χ1v) is 12.8. The molecule has 2 aliphatic rings. The Morgan fingerprint density at radius 2 is 1.72 bits per heavy atom. The number of fused-ring (bicyclic) bond motifs is 1. The van der Waals surface area contributed by atoms with Crippen LogP contribution in [-0.2, 0) is 17.8 Å². The number of hydrogen-bond acceptors (Lipinski definition) is 3. The molecular weight excluding hydrogens is 453 g/mol. The summed E-state index contributed by atoms with van der Waals surface area (Å²) in [6.07, 6.45) is 4.71. The molecule has 1 saturated heterocycles. The van der Waals surface area contributed by atoms with Crippen LogP contribution in [0.4, 0.5) is 15.8 Å². The molecule has 3 aromatic carbocycles. The van der Waals surface area contributed by atoms with Gasteiger partial charge in [-0.15, -0.1) is 0 Å². The number of halogens is 1. The van der Waals surface area contributed by atoms with E-state index in [0.29, 0.717) is 29.8 Å². The Bertz CT molecular complexity index is 1240. The predicted octanol–water partition coefficient (Wildman–Crippen LogP) is 5.84. The molecule has 1 N–H and O–H groups in total. The van der Waals surface area contributed by atoms with Gasteiger partial charge in [0, 0.05) is 29.9 Å². The van der Waals surface area contributed by atoms with Gasteiger partial charge in [0.2, 0.25) is 5.91 Å². The molecule has 0 aliphatic carbocycles. The first kappa shape index (κ1) is 24.2. The van der Waals surface area contributed by atoms with Crippen molar-refractivity contribution in [3.05, 3.63) is 83.4 Å². The number of aryl methyl sites for hydroxylation is 1. The van der Waals surface area contributed by atoms with Crippen LogP contribution in [0.2, 0.25) is 0 Å². The third-order valence-corrected chi connectivity index (χ3v) is 7.15. The van der Waals surface area contributed by atoms with Crippen LogP contribution >= 0.6 is 0 Å². The maximum atomic E-state index is 13.3. The van der Waals surface area contributed by atoms with Crippen LogP contribution < -0.4 is 10.2 Å². The van der Waals surface area contributed by atoms with E-state index in [2.05, 4.69) is 22.3 Å². The van der Waals surface area contributed by atoms with Gasteiger partial charge in [0.1, 0.15) is 6.67 Å². The maximum Gasteiger partial charge on any atom is 0.255 e. The highest BCUT2D eigenvalue weighted by molar-refractivity contribution is 6.05. The highest BCUT2D eigenvalue weighted by Gasteiger charge is 2.24. The van der Waals surface area contributed by atoms with E-state index in [1.165, 1.54) is 24.2 Å². The van der Waals surface area contributed by atoms with Crippen LogP contribution in [-0.4, -0.2) is 43.0 Å². The first-order valence-electron chi connectivity index (χ1n) is 12.8. The van der Waals surface area contributed by atoms with Gasteiger partial charge in [-0.2, -0.15) is 0 Å². The first-order chi connectivity index (χ1) is 17.6. The van der Waals surface area contributed by atoms with Crippen molar-refractivity contribution < 1.29 is 14.0 Å². The second-order valence-electron chi connectivity index (χ2n) is 9.61. The second kappa shape index (κ2) is 11.0. The van der Waals surface area contributed by atoms with Gasteiger partial charge in [-0.1, -0.05) is 48.9 Å². The number of hydrogen-bond donors (Lipinski definition) is 1. The minimum atomic E-state index is -0.602. The van der Waals surface area contributed by atoms with E-state index in [0.717, 1.165) is 41.9 Å². The Morgan fingerprint density at radius 1 is 0.917 bits per heavy atom. The normalized spacial score (nSPS) is 16.0. The van der Waals surface area contributed by atoms with E-state index in [-0.39, 0.29) is 18.4 Å². The predicted molar refractivity (Wildman–Crippen MR) is 142 cm³/mol. The van der Waals surface area contributed by atoms with E-state index < -0.39 is 6.67 Å². The SMILES string of the molecule is O=C(Nc1ccc2c(c1)N(CCF)C(=O)CC2)c1ccc(-c2ccccc2)c(CN2CCCCC2)c1. The zero-order valence-electron chi connectivity index (χ0n) is 20.5. The number of benzene rings is 3. The molecule has 0 spiro atoms. The summed E-state index contributed by atoms with van der Waals surface area (Å²) in [6.45, 7) is 2.39. The van der Waals surface area contributed by atoms with Crippen LogP contribution in [0.5, 0.6) is 0 Å². The van der Waals surface area contributed by atoms with Crippen molar-refractivity contribution in [1.29, 1.82) is 0 Å². The van der Waals surface area contributed by atoms with Crippen LogP contribution in [0.3, 0.4) is 0 Å². The monoisotopic (exact) mass is 485 g/mol. The third kappa shape index (κ3) is 5.34. The molecule has 2 aliphatic heterocycles. The van der Waals surface area contributed by atoms with E-state index in [4.69, 9.17) is 0 Å². The van der Waals surface area contributed by atoms with Gasteiger partial charge in [-0.3, -0.25) is 14.5 Å². The second-order valence-corrected chi connectivity index (χ2v) is 9.61. The molecule has 186 valence electrons. The van der Waals surface area contributed by atoms with E-state index in [1.54, 1.807) is 6.07 Å². The van der Waals surface area contributed by atoms with Crippen molar-refractivity contribution in [3.8, 4) is 11.1 Å². The van der Waals surface area contributed by atoms with Crippen LogP contribution in [0.25, 0.3) is 11.1 Å². The highest BCUT2D eigenvalue weighted by atomic mass is 19.1. The van der Waals surface area contributed by atoms with Gasteiger partial charge < -0.3 is 10.2 Å². The van der Waals surface area contributed by atoms with Gasteiger partial charge in [-0.25, -0.2) is 4.39 Å². The van der Waals surface area contributed by atoms with Crippen LogP contribution in [0, 0.1) is 0 Å². The fourth-order valence-corrected chi connectivity index (χ4v) is 5.27. The fraction of sp³-hybridized carbons (Fsp3) is 0.333. The van der Waals surface area contributed by atoms with Crippen LogP contribution in [0.1, 0.15) is 47.2 Å². The minimum absolute atomic E-state index is 0.0318. The molecule has 36 heavy (non-hydrogen) atoms. The number of carbonyl (C=O) groups is 2. The number of anilines is 2. The molecule has 0 atom stereocenters. The molecule has 0 aromatic heterocycles. The Balaban J connectivity index is 1.41. The topological polar surface area (TPSA) is 52.7 Å². The highest BCUT2D eigenvalue weighted by Crippen LogP contribution is 2.31. The van der Waals surface area contributed by atoms with Crippen LogP contribution in [0.15, 0.2) is 66.7 Å². The lowest BCUT2D eigenvalue weighted by molar-refractivity contribution is -0.118. The summed E-state index contributed by atoms with van der Waals surface area (Å²) in [6, 6.07) is 21.8. The smallest absolute Gasteiger partial charge is 0.255 e. The molecule has 0 saturated carbocycles. The van der Waals surface area contributed by atoms with Crippen molar-refractivity contribution in [2.45, 2.75) is 38.6 Å². The largest absolute Gasteiger partial charge is 0.322 e. The van der Waals surface area contributed by atoms with E-state index in [9.17, 15) is 14.0 Å². The van der Waals surface area contributed by atoms with Crippen molar-refractivity contribution in [2.75, 3.05) is 36.5 Å². The molecule has 3 aromatic rings. The molecule has 0 radical (unpaired) electrons. The fourth-order valence-electron chi connectivity index (χ4n) is 5.27. The van der Waals surface area contributed by atoms with Gasteiger partial charge >= 0.3 is 0 Å². The lowest BCUT2D eigenvalue weighted by Gasteiger charge is -2.29. The van der Waals surface area contributed by atoms with E-state index >= 15 is 0 Å². The van der Waals surface area contributed by atoms with Gasteiger partial charge in [0.15, 0.2) is 0 Å². The number of amides is 2. The Hall–Kier alpha value is -3.51. The Kier molecular flexibility index (Phi) is 7.42. The average molecular weight is 486 g/mol. The summed E-state index contributed by atoms with van der Waals surface area (Å²) >= 11 is 0. The molecule has 5 nitrogen and oxygen atoms in total. The van der Waals surface area contributed by atoms with Crippen molar-refractivity contribution in [2.24, 2.45) is 0 Å². The standard InChI is InChI=1S/C30H32FN3O2/c31-15-18-34-28-20-26(12-9-23(28)11-14-29(34)35)32-30(36)24-10-13-27(22-7-3-1-4-8-22)25(19-24)21-33-16-5-2-6-17-33/h1,3-4,7-10,12-13,19-20H,2,5-6,11,14-18,21H2,(H,32,36). The minimum Gasteiger partial charge on any atom is -0.322 e. The number of nitrogens with zero attached hydrogens (tertiary/aromatic N) is 2. The summed E-state index contributed by atoms with van der Waals surface area (Å²) in [5.41, 5.74) is 6.30. The third-order valence-electron chi connectivity index (χ3n) is 7.15. The van der Waals surface area contributed by atoms with Gasteiger partial charge in [-0.05, 0) is 78.9 Å². The number of alkyl halides is 1. The average Bonchev–Trinajstić information content (AvgIpc) is 2.91. The van der Waals surface area contributed by atoms with Crippen molar-refractivity contribution >= 4 is 23.2 Å². The molecule has 5 rings (SSSR count). The summed E-state index contributed by atoms with van der Waals surface area (Å²) in [5, 5.41) is 2.99.